The molecule has 0 atom stereocenters. The van der Waals surface area contributed by atoms with Crippen molar-refractivity contribution in [1.29, 1.82) is 0 Å². The van der Waals surface area contributed by atoms with Crippen molar-refractivity contribution >= 4 is 39.1 Å². The molecule has 0 radical (unpaired) electrons. The van der Waals surface area contributed by atoms with E-state index in [4.69, 9.17) is 27.9 Å². The molecule has 0 fully saturated rings. The van der Waals surface area contributed by atoms with Gasteiger partial charge in [-0.25, -0.2) is 13.1 Å². The lowest BCUT2D eigenvalue weighted by molar-refractivity contribution is 0.0954. The van der Waals surface area contributed by atoms with Crippen LogP contribution in [0.15, 0.2) is 41.3 Å². The molecule has 0 unspecified atom stereocenters. The van der Waals surface area contributed by atoms with E-state index in [0.29, 0.717) is 23.0 Å². The standard InChI is InChI=1S/C19H22Cl2N2O4S/c1-12(2)23-28(25,26)18-10-14(5-7-17(18)27-3)19(24)22-9-8-13-4-6-15(20)11-16(13)21/h4-7,10-12,23H,8-9H2,1-3H3,(H,22,24). The van der Waals surface area contributed by atoms with Crippen molar-refractivity contribution in [2.75, 3.05) is 13.7 Å². The molecular formula is C19H22Cl2N2O4S. The topological polar surface area (TPSA) is 84.5 Å². The SMILES string of the molecule is COc1ccc(C(=O)NCCc2ccc(Cl)cc2Cl)cc1S(=O)(=O)NC(C)C. The van der Waals surface area contributed by atoms with Gasteiger partial charge < -0.3 is 10.1 Å². The Morgan fingerprint density at radius 1 is 1.14 bits per heavy atom. The molecule has 0 heterocycles. The van der Waals surface area contributed by atoms with Crippen LogP contribution in [-0.4, -0.2) is 34.0 Å². The third-order valence-electron chi connectivity index (χ3n) is 3.80. The summed E-state index contributed by atoms with van der Waals surface area (Å²) >= 11 is 12.0. The molecule has 9 heteroatoms. The van der Waals surface area contributed by atoms with Crippen LogP contribution in [-0.2, 0) is 16.4 Å². The molecule has 0 aliphatic heterocycles. The smallest absolute Gasteiger partial charge is 0.251 e. The van der Waals surface area contributed by atoms with E-state index in [1.165, 1.54) is 25.3 Å². The monoisotopic (exact) mass is 444 g/mol. The number of hydrogen-bond acceptors (Lipinski definition) is 4. The van der Waals surface area contributed by atoms with Crippen LogP contribution in [0, 0.1) is 0 Å². The molecule has 2 rings (SSSR count). The molecule has 0 bridgehead atoms. The van der Waals surface area contributed by atoms with Crippen LogP contribution < -0.4 is 14.8 Å². The third kappa shape index (κ3) is 5.85. The first-order valence-electron chi connectivity index (χ1n) is 8.56. The summed E-state index contributed by atoms with van der Waals surface area (Å²) < 4.78 is 32.6. The van der Waals surface area contributed by atoms with Gasteiger partial charge in [-0.2, -0.15) is 0 Å². The lowest BCUT2D eigenvalue weighted by Crippen LogP contribution is -2.31. The summed E-state index contributed by atoms with van der Waals surface area (Å²) in [6.45, 7) is 3.75. The number of ether oxygens (including phenoxy) is 1. The second kappa shape index (κ2) is 9.60. The van der Waals surface area contributed by atoms with E-state index >= 15 is 0 Å². The van der Waals surface area contributed by atoms with Crippen molar-refractivity contribution < 1.29 is 17.9 Å². The highest BCUT2D eigenvalue weighted by atomic mass is 35.5. The van der Waals surface area contributed by atoms with Gasteiger partial charge in [0.2, 0.25) is 10.0 Å². The fourth-order valence-electron chi connectivity index (χ4n) is 2.54. The maximum Gasteiger partial charge on any atom is 0.251 e. The number of nitrogens with one attached hydrogen (secondary N) is 2. The Morgan fingerprint density at radius 2 is 1.86 bits per heavy atom. The van der Waals surface area contributed by atoms with E-state index in [0.717, 1.165) is 5.56 Å². The molecule has 2 aromatic carbocycles. The summed E-state index contributed by atoms with van der Waals surface area (Å²) in [6, 6.07) is 9.14. The Balaban J connectivity index is 2.14. The first-order chi connectivity index (χ1) is 13.1. The number of carbonyl (C=O) groups is 1. The highest BCUT2D eigenvalue weighted by molar-refractivity contribution is 7.89. The molecule has 0 spiro atoms. The van der Waals surface area contributed by atoms with Gasteiger partial charge in [-0.3, -0.25) is 4.79 Å². The molecule has 0 aliphatic rings. The molecule has 1 amide bonds. The van der Waals surface area contributed by atoms with Crippen LogP contribution >= 0.6 is 23.2 Å². The molecule has 0 aromatic heterocycles. The molecule has 2 N–H and O–H groups in total. The van der Waals surface area contributed by atoms with Crippen molar-refractivity contribution in [1.82, 2.24) is 10.0 Å². The van der Waals surface area contributed by atoms with E-state index in [1.807, 2.05) is 0 Å². The molecule has 0 saturated heterocycles. The van der Waals surface area contributed by atoms with Crippen LogP contribution in [0.25, 0.3) is 0 Å². The van der Waals surface area contributed by atoms with E-state index in [1.54, 1.807) is 32.0 Å². The van der Waals surface area contributed by atoms with Crippen LogP contribution in [0.4, 0.5) is 0 Å². The molecule has 28 heavy (non-hydrogen) atoms. The highest BCUT2D eigenvalue weighted by Gasteiger charge is 2.22. The summed E-state index contributed by atoms with van der Waals surface area (Å²) in [5, 5.41) is 3.83. The van der Waals surface area contributed by atoms with Crippen molar-refractivity contribution in [3.63, 3.8) is 0 Å². The van der Waals surface area contributed by atoms with Crippen LogP contribution in [0.1, 0.15) is 29.8 Å². The fourth-order valence-corrected chi connectivity index (χ4v) is 4.49. The second-order valence-corrected chi connectivity index (χ2v) is 8.91. The van der Waals surface area contributed by atoms with Crippen molar-refractivity contribution in [3.8, 4) is 5.75 Å². The van der Waals surface area contributed by atoms with Crippen molar-refractivity contribution in [2.45, 2.75) is 31.2 Å². The van der Waals surface area contributed by atoms with E-state index < -0.39 is 15.9 Å². The minimum absolute atomic E-state index is 0.0860. The van der Waals surface area contributed by atoms with Crippen LogP contribution in [0.3, 0.4) is 0 Å². The average Bonchev–Trinajstić information content (AvgIpc) is 2.61. The van der Waals surface area contributed by atoms with Gasteiger partial charge in [0.15, 0.2) is 0 Å². The number of rotatable bonds is 8. The fraction of sp³-hybridized carbons (Fsp3) is 0.316. The minimum atomic E-state index is -3.82. The first kappa shape index (κ1) is 22.5. The summed E-state index contributed by atoms with van der Waals surface area (Å²) in [5.41, 5.74) is 1.07. The normalized spacial score (nSPS) is 11.5. The number of carbonyl (C=O) groups excluding carboxylic acids is 1. The Bertz CT molecular complexity index is 962. The number of halogens is 2. The van der Waals surface area contributed by atoms with Gasteiger partial charge in [0.05, 0.1) is 7.11 Å². The van der Waals surface area contributed by atoms with Gasteiger partial charge in [0.1, 0.15) is 10.6 Å². The second-order valence-electron chi connectivity index (χ2n) is 6.38. The maximum atomic E-state index is 12.5. The molecule has 2 aromatic rings. The number of methoxy groups -OCH3 is 1. The Labute approximate surface area is 175 Å². The van der Waals surface area contributed by atoms with E-state index in [-0.39, 0.29) is 22.3 Å². The Kier molecular flexibility index (Phi) is 7.71. The molecular weight excluding hydrogens is 423 g/mol. The minimum Gasteiger partial charge on any atom is -0.495 e. The van der Waals surface area contributed by atoms with Gasteiger partial charge in [-0.15, -0.1) is 0 Å². The number of sulfonamides is 1. The summed E-state index contributed by atoms with van der Waals surface area (Å²) in [6.07, 6.45) is 0.512. The van der Waals surface area contributed by atoms with Crippen molar-refractivity contribution in [3.05, 3.63) is 57.6 Å². The zero-order valence-corrected chi connectivity index (χ0v) is 18.1. The zero-order chi connectivity index (χ0) is 20.9. The Morgan fingerprint density at radius 3 is 2.46 bits per heavy atom. The predicted molar refractivity (Wildman–Crippen MR) is 111 cm³/mol. The van der Waals surface area contributed by atoms with Gasteiger partial charge in [0.25, 0.3) is 5.91 Å². The van der Waals surface area contributed by atoms with Gasteiger partial charge in [-0.1, -0.05) is 29.3 Å². The summed E-state index contributed by atoms with van der Waals surface area (Å²) in [4.78, 5) is 12.4. The van der Waals surface area contributed by atoms with E-state index in [2.05, 4.69) is 10.0 Å². The number of benzene rings is 2. The predicted octanol–water partition coefficient (Wildman–Crippen LogP) is 3.66. The third-order valence-corrected chi connectivity index (χ3v) is 6.07. The van der Waals surface area contributed by atoms with Crippen LogP contribution in [0.5, 0.6) is 5.75 Å². The highest BCUT2D eigenvalue weighted by Crippen LogP contribution is 2.25. The zero-order valence-electron chi connectivity index (χ0n) is 15.8. The molecule has 0 aliphatic carbocycles. The maximum absolute atomic E-state index is 12.5. The number of amides is 1. The average molecular weight is 445 g/mol. The largest absolute Gasteiger partial charge is 0.495 e. The van der Waals surface area contributed by atoms with Gasteiger partial charge >= 0.3 is 0 Å². The lowest BCUT2D eigenvalue weighted by atomic mass is 10.1. The van der Waals surface area contributed by atoms with E-state index in [9.17, 15) is 13.2 Å². The summed E-state index contributed by atoms with van der Waals surface area (Å²) in [7, 11) is -2.44. The molecule has 152 valence electrons. The quantitative estimate of drug-likeness (QED) is 0.650. The van der Waals surface area contributed by atoms with Gasteiger partial charge in [0, 0.05) is 28.2 Å². The lowest BCUT2D eigenvalue weighted by Gasteiger charge is -2.14. The number of hydrogen-bond donors (Lipinski definition) is 2. The molecule has 0 saturated carbocycles. The summed E-state index contributed by atoms with van der Waals surface area (Å²) in [5.74, 6) is -0.230. The van der Waals surface area contributed by atoms with Crippen LogP contribution in [0.2, 0.25) is 10.0 Å². The Hall–Kier alpha value is -1.80. The van der Waals surface area contributed by atoms with Crippen molar-refractivity contribution in [2.24, 2.45) is 0 Å². The first-order valence-corrected chi connectivity index (χ1v) is 10.8. The molecule has 6 nitrogen and oxygen atoms in total. The van der Waals surface area contributed by atoms with Gasteiger partial charge in [-0.05, 0) is 56.2 Å².